The van der Waals surface area contributed by atoms with Crippen molar-refractivity contribution in [2.24, 2.45) is 0 Å². The number of unbranched alkanes of at least 4 members (excludes halogenated alkanes) is 1. The van der Waals surface area contributed by atoms with E-state index in [9.17, 15) is 4.79 Å². The number of rotatable bonds is 10. The number of methoxy groups -OCH3 is 1. The highest BCUT2D eigenvalue weighted by Crippen LogP contribution is 2.30. The van der Waals surface area contributed by atoms with E-state index in [1.807, 2.05) is 66.7 Å². The number of carbonyl (C=O) groups is 1. The summed E-state index contributed by atoms with van der Waals surface area (Å²) >= 11 is 0. The molecule has 0 saturated carbocycles. The highest BCUT2D eigenvalue weighted by atomic mass is 16.5. The Morgan fingerprint density at radius 1 is 0.932 bits per heavy atom. The van der Waals surface area contributed by atoms with Crippen molar-refractivity contribution in [1.82, 2.24) is 35.2 Å². The molecule has 9 heteroatoms. The van der Waals surface area contributed by atoms with E-state index >= 15 is 0 Å². The first-order chi connectivity index (χ1) is 21.1. The van der Waals surface area contributed by atoms with Crippen LogP contribution in [0.2, 0.25) is 0 Å². The fraction of sp³-hybridized carbons (Fsp3) is 0.200. The number of benzene rings is 3. The number of pyridine rings is 1. The SMILES string of the molecule is C.CCCCc1nc2cc(/C=C/c3ccccc3)c(C(=O)OC)nc2n1Cc1ccc(-c2ccccc2-c2nn[nH]n2)cc1. The molecule has 0 amide bonds. The van der Waals surface area contributed by atoms with Crippen LogP contribution in [0.4, 0.5) is 0 Å². The largest absolute Gasteiger partial charge is 0.464 e. The van der Waals surface area contributed by atoms with Gasteiger partial charge in [-0.25, -0.2) is 14.8 Å². The van der Waals surface area contributed by atoms with Crippen LogP contribution in [0.25, 0.3) is 45.8 Å². The average molecular weight is 586 g/mol. The quantitative estimate of drug-likeness (QED) is 0.168. The van der Waals surface area contributed by atoms with E-state index in [4.69, 9.17) is 14.7 Å². The predicted octanol–water partition coefficient (Wildman–Crippen LogP) is 7.26. The highest BCUT2D eigenvalue weighted by Gasteiger charge is 2.20. The third-order valence-electron chi connectivity index (χ3n) is 7.34. The lowest BCUT2D eigenvalue weighted by molar-refractivity contribution is 0.0594. The molecule has 1 N–H and O–H groups in total. The molecule has 0 unspecified atom stereocenters. The summed E-state index contributed by atoms with van der Waals surface area (Å²) in [7, 11) is 1.38. The first-order valence-corrected chi connectivity index (χ1v) is 14.3. The van der Waals surface area contributed by atoms with Gasteiger partial charge in [0.1, 0.15) is 11.3 Å². The Bertz CT molecular complexity index is 1880. The Kier molecular flexibility index (Phi) is 9.34. The van der Waals surface area contributed by atoms with Gasteiger partial charge in [-0.05, 0) is 40.0 Å². The summed E-state index contributed by atoms with van der Waals surface area (Å²) in [6, 6.07) is 28.3. The van der Waals surface area contributed by atoms with E-state index in [2.05, 4.69) is 62.4 Å². The van der Waals surface area contributed by atoms with Crippen molar-refractivity contribution in [1.29, 1.82) is 0 Å². The smallest absolute Gasteiger partial charge is 0.357 e. The summed E-state index contributed by atoms with van der Waals surface area (Å²) in [5.74, 6) is 1.01. The van der Waals surface area contributed by atoms with Crippen LogP contribution in [0.1, 0.15) is 60.2 Å². The van der Waals surface area contributed by atoms with Gasteiger partial charge in [0.15, 0.2) is 11.3 Å². The maximum absolute atomic E-state index is 12.9. The maximum atomic E-state index is 12.9. The molecule has 0 atom stereocenters. The van der Waals surface area contributed by atoms with Crippen molar-refractivity contribution in [2.75, 3.05) is 7.11 Å². The predicted molar refractivity (Wildman–Crippen MR) is 174 cm³/mol. The Morgan fingerprint density at radius 2 is 1.68 bits per heavy atom. The van der Waals surface area contributed by atoms with Crippen LogP contribution in [0.15, 0.2) is 84.9 Å². The van der Waals surface area contributed by atoms with Gasteiger partial charge in [-0.3, -0.25) is 0 Å². The van der Waals surface area contributed by atoms with Crippen molar-refractivity contribution in [3.63, 3.8) is 0 Å². The van der Waals surface area contributed by atoms with Crippen LogP contribution >= 0.6 is 0 Å². The Hall–Kier alpha value is -5.44. The van der Waals surface area contributed by atoms with Crippen LogP contribution in [0, 0.1) is 0 Å². The van der Waals surface area contributed by atoms with Crippen LogP contribution < -0.4 is 0 Å². The molecule has 0 saturated heterocycles. The number of carbonyl (C=O) groups excluding carboxylic acids is 1. The monoisotopic (exact) mass is 585 g/mol. The molecule has 0 bridgehead atoms. The number of fused-ring (bicyclic) bond motifs is 1. The molecule has 0 aliphatic heterocycles. The minimum Gasteiger partial charge on any atom is -0.464 e. The van der Waals surface area contributed by atoms with Gasteiger partial charge in [-0.2, -0.15) is 5.21 Å². The zero-order chi connectivity index (χ0) is 29.6. The van der Waals surface area contributed by atoms with Crippen LogP contribution in [-0.4, -0.2) is 48.2 Å². The number of ether oxygens (including phenoxy) is 1. The van der Waals surface area contributed by atoms with Crippen molar-refractivity contribution >= 4 is 29.3 Å². The van der Waals surface area contributed by atoms with Crippen molar-refractivity contribution in [3.8, 4) is 22.5 Å². The number of tetrazole rings is 1. The lowest BCUT2D eigenvalue weighted by Crippen LogP contribution is -2.10. The van der Waals surface area contributed by atoms with E-state index < -0.39 is 5.97 Å². The normalized spacial score (nSPS) is 11.1. The van der Waals surface area contributed by atoms with Crippen LogP contribution in [0.3, 0.4) is 0 Å². The number of nitrogens with zero attached hydrogens (tertiary/aromatic N) is 6. The number of aryl methyl sites for hydroxylation is 1. The molecule has 9 nitrogen and oxygen atoms in total. The van der Waals surface area contributed by atoms with E-state index in [-0.39, 0.29) is 13.1 Å². The van der Waals surface area contributed by atoms with Crippen LogP contribution in [0.5, 0.6) is 0 Å². The minimum absolute atomic E-state index is 0. The molecule has 3 aromatic heterocycles. The van der Waals surface area contributed by atoms with E-state index in [0.717, 1.165) is 58.4 Å². The molecule has 0 spiro atoms. The summed E-state index contributed by atoms with van der Waals surface area (Å²) in [5.41, 5.74) is 7.43. The first kappa shape index (κ1) is 30.0. The van der Waals surface area contributed by atoms with Gasteiger partial charge in [-0.1, -0.05) is 112 Å². The number of nitrogens with one attached hydrogen (secondary N) is 1. The fourth-order valence-electron chi connectivity index (χ4n) is 5.12. The van der Waals surface area contributed by atoms with Crippen molar-refractivity contribution in [2.45, 2.75) is 40.2 Å². The molecule has 3 aromatic carbocycles. The van der Waals surface area contributed by atoms with Gasteiger partial charge in [0, 0.05) is 17.5 Å². The standard InChI is InChI=1S/C34H31N7O2.CH4/c1-3-4-14-30-35-29-21-26(20-15-23-10-6-5-7-11-23)31(34(42)43-2)36-33(29)41(30)22-24-16-18-25(19-17-24)27-12-8-9-13-28(27)32-37-39-40-38-32;/h5-13,15-21H,3-4,14,22H2,1-2H3,(H,37,38,39,40);1H4/b20-15+;. The van der Waals surface area contributed by atoms with Crippen LogP contribution in [-0.2, 0) is 17.7 Å². The molecule has 44 heavy (non-hydrogen) atoms. The average Bonchev–Trinajstić information content (AvgIpc) is 3.71. The second-order valence-corrected chi connectivity index (χ2v) is 10.2. The number of aromatic nitrogens is 7. The Labute approximate surface area is 256 Å². The third kappa shape index (κ3) is 6.32. The molecule has 6 aromatic rings. The lowest BCUT2D eigenvalue weighted by Gasteiger charge is -2.12. The van der Waals surface area contributed by atoms with E-state index in [1.165, 1.54) is 7.11 Å². The number of hydrogen-bond acceptors (Lipinski definition) is 7. The number of hydrogen-bond donors (Lipinski definition) is 1. The summed E-state index contributed by atoms with van der Waals surface area (Å²) < 4.78 is 7.24. The van der Waals surface area contributed by atoms with Crippen molar-refractivity contribution < 1.29 is 9.53 Å². The van der Waals surface area contributed by atoms with Gasteiger partial charge in [0.2, 0.25) is 5.82 Å². The second-order valence-electron chi connectivity index (χ2n) is 10.2. The highest BCUT2D eigenvalue weighted by molar-refractivity contribution is 5.95. The maximum Gasteiger partial charge on any atom is 0.357 e. The number of H-pyrrole nitrogens is 1. The van der Waals surface area contributed by atoms with E-state index in [1.54, 1.807) is 0 Å². The topological polar surface area (TPSA) is 111 Å². The Balaban J connectivity index is 0.00000384. The van der Waals surface area contributed by atoms with Gasteiger partial charge >= 0.3 is 5.97 Å². The summed E-state index contributed by atoms with van der Waals surface area (Å²) in [6.07, 6.45) is 6.71. The molecular weight excluding hydrogens is 550 g/mol. The van der Waals surface area contributed by atoms with Gasteiger partial charge < -0.3 is 9.30 Å². The summed E-state index contributed by atoms with van der Waals surface area (Å²) in [6.45, 7) is 2.73. The van der Waals surface area contributed by atoms with Gasteiger partial charge in [0.05, 0.1) is 13.7 Å². The van der Waals surface area contributed by atoms with E-state index in [0.29, 0.717) is 23.6 Å². The molecule has 0 aliphatic carbocycles. The molecule has 3 heterocycles. The molecular formula is C35H35N7O2. The van der Waals surface area contributed by atoms with Gasteiger partial charge in [0.25, 0.3) is 0 Å². The second kappa shape index (κ2) is 13.7. The fourth-order valence-corrected chi connectivity index (χ4v) is 5.12. The molecule has 0 aliphatic rings. The first-order valence-electron chi connectivity index (χ1n) is 14.3. The van der Waals surface area contributed by atoms with Crippen molar-refractivity contribution in [3.05, 3.63) is 113 Å². The molecule has 222 valence electrons. The number of esters is 1. The summed E-state index contributed by atoms with van der Waals surface area (Å²) in [5, 5.41) is 14.6. The zero-order valence-electron chi connectivity index (χ0n) is 24.1. The third-order valence-corrected chi connectivity index (χ3v) is 7.34. The molecule has 6 rings (SSSR count). The zero-order valence-corrected chi connectivity index (χ0v) is 24.1. The molecule has 0 radical (unpaired) electrons. The lowest BCUT2D eigenvalue weighted by atomic mass is 9.98. The minimum atomic E-state index is -0.484. The Morgan fingerprint density at radius 3 is 2.39 bits per heavy atom. The van der Waals surface area contributed by atoms with Gasteiger partial charge in [-0.15, -0.1) is 10.2 Å². The summed E-state index contributed by atoms with van der Waals surface area (Å²) in [4.78, 5) is 22.7. The number of aromatic amines is 1. The number of imidazole rings is 1. The molecule has 0 fully saturated rings.